The number of nitrogens with zero attached hydrogens (tertiary/aromatic N) is 1. The molecule has 2 rings (SSSR count). The van der Waals surface area contributed by atoms with Crippen LogP contribution in [0.2, 0.25) is 4.34 Å². The van der Waals surface area contributed by atoms with Crippen LogP contribution in [0.15, 0.2) is 41.5 Å². The number of thiophene rings is 1. The summed E-state index contributed by atoms with van der Waals surface area (Å²) in [6.45, 7) is 1.89. The Bertz CT molecular complexity index is 670. The average molecular weight is 340 g/mol. The molecule has 0 radical (unpaired) electrons. The molecule has 0 amide bonds. The van der Waals surface area contributed by atoms with E-state index in [4.69, 9.17) is 28.6 Å². The molecule has 2 aromatic rings. The minimum absolute atomic E-state index is 0.390. The van der Waals surface area contributed by atoms with Gasteiger partial charge < -0.3 is 10.1 Å². The van der Waals surface area contributed by atoms with Crippen LogP contribution < -0.4 is 15.5 Å². The number of thiocarbonyl (C=S) groups is 1. The molecule has 2 N–H and O–H groups in total. The number of rotatable bonds is 4. The second-order valence-electron chi connectivity index (χ2n) is 4.07. The largest absolute Gasteiger partial charge is 0.495 e. The Labute approximate surface area is 137 Å². The molecule has 4 nitrogen and oxygen atoms in total. The van der Waals surface area contributed by atoms with Gasteiger partial charge in [0.2, 0.25) is 0 Å². The SMILES string of the molecule is COc1ccccc1NC(=S)N/N=C(/C)c1ccc(Cl)s1. The first-order chi connectivity index (χ1) is 10.1. The van der Waals surface area contributed by atoms with Crippen molar-refractivity contribution in [3.63, 3.8) is 0 Å². The van der Waals surface area contributed by atoms with Crippen molar-refractivity contribution >= 4 is 51.7 Å². The molecule has 0 bridgehead atoms. The predicted octanol–water partition coefficient (Wildman–Crippen LogP) is 4.12. The summed E-state index contributed by atoms with van der Waals surface area (Å²) < 4.78 is 5.98. The van der Waals surface area contributed by atoms with Crippen molar-refractivity contribution in [1.29, 1.82) is 0 Å². The zero-order chi connectivity index (χ0) is 15.2. The molecule has 0 aliphatic rings. The summed E-state index contributed by atoms with van der Waals surface area (Å²) in [5.74, 6) is 0.715. The molecule has 0 spiro atoms. The Morgan fingerprint density at radius 3 is 2.71 bits per heavy atom. The Kier molecular flexibility index (Phi) is 5.55. The van der Waals surface area contributed by atoms with Crippen LogP contribution >= 0.6 is 35.2 Å². The van der Waals surface area contributed by atoms with E-state index in [9.17, 15) is 0 Å². The summed E-state index contributed by atoms with van der Waals surface area (Å²) in [5, 5.41) is 7.66. The van der Waals surface area contributed by atoms with E-state index < -0.39 is 0 Å². The van der Waals surface area contributed by atoms with Gasteiger partial charge in [-0.15, -0.1) is 11.3 Å². The molecule has 1 heterocycles. The van der Waals surface area contributed by atoms with E-state index in [1.807, 2.05) is 43.3 Å². The number of methoxy groups -OCH3 is 1. The summed E-state index contributed by atoms with van der Waals surface area (Å²) in [5.41, 5.74) is 4.40. The maximum absolute atomic E-state index is 5.90. The highest BCUT2D eigenvalue weighted by Crippen LogP contribution is 2.23. The first kappa shape index (κ1) is 15.8. The molecule has 1 aromatic carbocycles. The van der Waals surface area contributed by atoms with E-state index in [0.717, 1.165) is 20.6 Å². The molecule has 0 saturated carbocycles. The Balaban J connectivity index is 1.99. The minimum atomic E-state index is 0.390. The van der Waals surface area contributed by atoms with Crippen LogP contribution in [0.25, 0.3) is 0 Å². The number of hydrogen-bond donors (Lipinski definition) is 2. The standard InChI is InChI=1S/C14H14ClN3OS2/c1-9(12-7-8-13(15)21-12)17-18-14(20)16-10-5-3-4-6-11(10)19-2/h3-8H,1-2H3,(H2,16,18,20)/b17-9-. The van der Waals surface area contributed by atoms with Crippen molar-refractivity contribution in [1.82, 2.24) is 5.43 Å². The molecule has 110 valence electrons. The van der Waals surface area contributed by atoms with E-state index in [2.05, 4.69) is 15.8 Å². The molecule has 0 fully saturated rings. The molecule has 0 unspecified atom stereocenters. The maximum Gasteiger partial charge on any atom is 0.191 e. The Morgan fingerprint density at radius 1 is 1.29 bits per heavy atom. The van der Waals surface area contributed by atoms with Gasteiger partial charge in [-0.2, -0.15) is 5.10 Å². The lowest BCUT2D eigenvalue weighted by Gasteiger charge is -2.11. The first-order valence-electron chi connectivity index (χ1n) is 6.10. The lowest BCUT2D eigenvalue weighted by Crippen LogP contribution is -2.25. The number of hydrogen-bond acceptors (Lipinski definition) is 4. The summed E-state index contributed by atoms with van der Waals surface area (Å²) in [6.07, 6.45) is 0. The second-order valence-corrected chi connectivity index (χ2v) is 6.19. The van der Waals surface area contributed by atoms with Gasteiger partial charge in [0.25, 0.3) is 0 Å². The van der Waals surface area contributed by atoms with Crippen molar-refractivity contribution in [2.24, 2.45) is 5.10 Å². The van der Waals surface area contributed by atoms with E-state index in [-0.39, 0.29) is 0 Å². The molecule has 0 saturated heterocycles. The monoisotopic (exact) mass is 339 g/mol. The van der Waals surface area contributed by atoms with Gasteiger partial charge in [0.15, 0.2) is 5.11 Å². The summed E-state index contributed by atoms with van der Waals surface area (Å²) in [6, 6.07) is 11.3. The fourth-order valence-electron chi connectivity index (χ4n) is 1.60. The third-order valence-electron chi connectivity index (χ3n) is 2.61. The van der Waals surface area contributed by atoms with Crippen molar-refractivity contribution < 1.29 is 4.74 Å². The van der Waals surface area contributed by atoms with Crippen molar-refractivity contribution in [2.45, 2.75) is 6.92 Å². The Morgan fingerprint density at radius 2 is 2.05 bits per heavy atom. The number of nitrogens with one attached hydrogen (secondary N) is 2. The third kappa shape index (κ3) is 4.42. The molecule has 0 aliphatic carbocycles. The number of halogens is 1. The van der Waals surface area contributed by atoms with Crippen molar-refractivity contribution in [3.8, 4) is 5.75 Å². The summed E-state index contributed by atoms with van der Waals surface area (Å²) in [4.78, 5) is 0.993. The topological polar surface area (TPSA) is 45.6 Å². The van der Waals surface area contributed by atoms with Crippen LogP contribution in [0.3, 0.4) is 0 Å². The Hall–Kier alpha value is -1.63. The van der Waals surface area contributed by atoms with Gasteiger partial charge in [-0.05, 0) is 43.4 Å². The molecule has 0 aliphatic heterocycles. The van der Waals surface area contributed by atoms with E-state index in [1.54, 1.807) is 7.11 Å². The number of benzene rings is 1. The van der Waals surface area contributed by atoms with Gasteiger partial charge in [-0.1, -0.05) is 23.7 Å². The lowest BCUT2D eigenvalue weighted by atomic mass is 10.3. The van der Waals surface area contributed by atoms with Gasteiger partial charge in [-0.25, -0.2) is 0 Å². The zero-order valence-corrected chi connectivity index (χ0v) is 13.9. The predicted molar refractivity (Wildman–Crippen MR) is 93.9 cm³/mol. The smallest absolute Gasteiger partial charge is 0.191 e. The number of ether oxygens (including phenoxy) is 1. The van der Waals surface area contributed by atoms with E-state index in [1.165, 1.54) is 11.3 Å². The lowest BCUT2D eigenvalue weighted by molar-refractivity contribution is 0.417. The highest BCUT2D eigenvalue weighted by Gasteiger charge is 2.04. The van der Waals surface area contributed by atoms with Gasteiger partial charge >= 0.3 is 0 Å². The van der Waals surface area contributed by atoms with Crippen molar-refractivity contribution in [3.05, 3.63) is 45.6 Å². The summed E-state index contributed by atoms with van der Waals surface area (Å²) >= 11 is 12.6. The van der Waals surface area contributed by atoms with Crippen molar-refractivity contribution in [2.75, 3.05) is 12.4 Å². The average Bonchev–Trinajstić information content (AvgIpc) is 2.92. The molecule has 21 heavy (non-hydrogen) atoms. The molecule has 0 atom stereocenters. The number of anilines is 1. The van der Waals surface area contributed by atoms with Crippen LogP contribution in [0.4, 0.5) is 5.69 Å². The fraction of sp³-hybridized carbons (Fsp3) is 0.143. The number of hydrazone groups is 1. The molecular formula is C14H14ClN3OS2. The maximum atomic E-state index is 5.90. The van der Waals surface area contributed by atoms with E-state index >= 15 is 0 Å². The zero-order valence-electron chi connectivity index (χ0n) is 11.5. The summed E-state index contributed by atoms with van der Waals surface area (Å²) in [7, 11) is 1.61. The van der Waals surface area contributed by atoms with Crippen LogP contribution in [0, 0.1) is 0 Å². The quantitative estimate of drug-likeness (QED) is 0.499. The highest BCUT2D eigenvalue weighted by molar-refractivity contribution is 7.80. The van der Waals surface area contributed by atoms with Crippen LogP contribution in [0.5, 0.6) is 5.75 Å². The number of para-hydroxylation sites is 2. The highest BCUT2D eigenvalue weighted by atomic mass is 35.5. The third-order valence-corrected chi connectivity index (χ3v) is 4.14. The van der Waals surface area contributed by atoms with Crippen LogP contribution in [-0.2, 0) is 0 Å². The normalized spacial score (nSPS) is 11.1. The van der Waals surface area contributed by atoms with E-state index in [0.29, 0.717) is 10.9 Å². The van der Waals surface area contributed by atoms with Gasteiger partial charge in [0.1, 0.15) is 5.75 Å². The first-order valence-corrected chi connectivity index (χ1v) is 7.70. The van der Waals surface area contributed by atoms with Crippen LogP contribution in [0.1, 0.15) is 11.8 Å². The molecular weight excluding hydrogens is 326 g/mol. The second kappa shape index (κ2) is 7.40. The van der Waals surface area contributed by atoms with Gasteiger partial charge in [-0.3, -0.25) is 5.43 Å². The fourth-order valence-corrected chi connectivity index (χ4v) is 2.74. The molecule has 7 heteroatoms. The minimum Gasteiger partial charge on any atom is -0.495 e. The van der Waals surface area contributed by atoms with Gasteiger partial charge in [0, 0.05) is 0 Å². The molecule has 1 aromatic heterocycles. The van der Waals surface area contributed by atoms with Gasteiger partial charge in [0.05, 0.1) is 27.7 Å². The van der Waals surface area contributed by atoms with Crippen LogP contribution in [-0.4, -0.2) is 17.9 Å².